The Balaban J connectivity index is 0. The molecule has 0 rings (SSSR count). The highest BCUT2D eigenvalue weighted by molar-refractivity contribution is 4.09. The zero-order chi connectivity index (χ0) is 6.12. The van der Waals surface area contributed by atoms with Crippen LogP contribution in [0, 0.1) is 0 Å². The Morgan fingerprint density at radius 3 is 1.71 bits per heavy atom. The van der Waals surface area contributed by atoms with Gasteiger partial charge in [0.1, 0.15) is 0 Å². The van der Waals surface area contributed by atoms with Gasteiger partial charge in [0.25, 0.3) is 0 Å². The van der Waals surface area contributed by atoms with Crippen molar-refractivity contribution in [2.24, 2.45) is 0 Å². The molecule has 1 heteroatoms. The first-order chi connectivity index (χ1) is 3.41. The summed E-state index contributed by atoms with van der Waals surface area (Å²) in [5, 5.41) is 2.18. The minimum Gasteiger partial charge on any atom is -0.349 e. The van der Waals surface area contributed by atoms with E-state index in [9.17, 15) is 0 Å². The third-order valence-corrected chi connectivity index (χ3v) is 0.577. The molecule has 46 valence electrons. The van der Waals surface area contributed by atoms with Crippen molar-refractivity contribution in [2.75, 3.05) is 13.6 Å². The Morgan fingerprint density at radius 1 is 1.29 bits per heavy atom. The number of hydrogen-bond donors (Lipinski definition) is 1. The summed E-state index contributed by atoms with van der Waals surface area (Å²) in [6.45, 7) is 7.44. The monoisotopic (exact) mass is 104 g/mol. The van der Waals surface area contributed by atoms with E-state index in [4.69, 9.17) is 0 Å². The highest BCUT2D eigenvalue weighted by Gasteiger charge is 1.68. The van der Waals surface area contributed by atoms with Gasteiger partial charge >= 0.3 is 0 Å². The fourth-order valence-electron chi connectivity index (χ4n) is 0.289. The molecule has 0 heterocycles. The van der Waals surface area contributed by atoms with Gasteiger partial charge in [0.05, 0.1) is 13.6 Å². The van der Waals surface area contributed by atoms with E-state index in [1.54, 1.807) is 0 Å². The fourth-order valence-corrected chi connectivity index (χ4v) is 0.289. The summed E-state index contributed by atoms with van der Waals surface area (Å²) in [5.41, 5.74) is 0. The zero-order valence-corrected chi connectivity index (χ0v) is 5.99. The molecule has 0 aliphatic carbocycles. The molecule has 1 nitrogen and oxygen atoms in total. The lowest BCUT2D eigenvalue weighted by Gasteiger charge is -1.81. The minimum absolute atomic E-state index is 1.26. The lowest BCUT2D eigenvalue weighted by atomic mass is 10.5. The number of rotatable bonds is 2. The van der Waals surface area contributed by atoms with Gasteiger partial charge in [-0.15, -0.1) is 0 Å². The van der Waals surface area contributed by atoms with Crippen molar-refractivity contribution in [1.29, 1.82) is 0 Å². The van der Waals surface area contributed by atoms with Crippen molar-refractivity contribution in [3.05, 3.63) is 0 Å². The highest BCUT2D eigenvalue weighted by atomic mass is 14.8. The molecule has 0 aromatic rings. The Kier molecular flexibility index (Phi) is 24.0. The molecule has 0 radical (unpaired) electrons. The van der Waals surface area contributed by atoms with Crippen molar-refractivity contribution < 1.29 is 5.32 Å². The zero-order valence-electron chi connectivity index (χ0n) is 5.99. The topological polar surface area (TPSA) is 16.6 Å². The van der Waals surface area contributed by atoms with E-state index in [0.717, 1.165) is 0 Å². The molecular formula is C6H18N+. The summed E-state index contributed by atoms with van der Waals surface area (Å²) >= 11 is 0. The standard InChI is InChI=1S/C4H11N.C2H6/c1-3-4-5-2;1-2/h5H,3-4H2,1-2H3;1-2H3/p+1. The van der Waals surface area contributed by atoms with Crippen LogP contribution >= 0.6 is 0 Å². The summed E-state index contributed by atoms with van der Waals surface area (Å²) < 4.78 is 0. The smallest absolute Gasteiger partial charge is 0.0750 e. The molecule has 0 saturated heterocycles. The third-order valence-electron chi connectivity index (χ3n) is 0.577. The van der Waals surface area contributed by atoms with Gasteiger partial charge in [-0.25, -0.2) is 0 Å². The normalized spacial score (nSPS) is 6.86. The molecule has 0 saturated carbocycles. The van der Waals surface area contributed by atoms with Crippen LogP contribution < -0.4 is 5.32 Å². The van der Waals surface area contributed by atoms with E-state index in [2.05, 4.69) is 19.3 Å². The Morgan fingerprint density at radius 2 is 1.71 bits per heavy atom. The molecule has 0 aliphatic rings. The Labute approximate surface area is 47.1 Å². The summed E-state index contributed by atoms with van der Waals surface area (Å²) in [7, 11) is 2.09. The average Bonchev–Trinajstić information content (AvgIpc) is 1.75. The van der Waals surface area contributed by atoms with Gasteiger partial charge in [-0.05, 0) is 6.42 Å². The van der Waals surface area contributed by atoms with Gasteiger partial charge < -0.3 is 5.32 Å². The summed E-state index contributed by atoms with van der Waals surface area (Å²) in [6, 6.07) is 0. The van der Waals surface area contributed by atoms with Crippen LogP contribution in [0.25, 0.3) is 0 Å². The number of nitrogens with two attached hydrogens (primary N) is 1. The SMILES string of the molecule is CC.CCC[NH2+]C. The summed E-state index contributed by atoms with van der Waals surface area (Å²) in [6.07, 6.45) is 1.29. The van der Waals surface area contributed by atoms with Crippen molar-refractivity contribution in [2.45, 2.75) is 27.2 Å². The molecule has 0 aliphatic heterocycles. The van der Waals surface area contributed by atoms with Crippen LogP contribution in [-0.4, -0.2) is 13.6 Å². The van der Waals surface area contributed by atoms with Crippen molar-refractivity contribution >= 4 is 0 Å². The van der Waals surface area contributed by atoms with E-state index in [0.29, 0.717) is 0 Å². The van der Waals surface area contributed by atoms with Gasteiger partial charge in [0.15, 0.2) is 0 Å². The molecule has 0 spiro atoms. The largest absolute Gasteiger partial charge is 0.349 e. The van der Waals surface area contributed by atoms with E-state index >= 15 is 0 Å². The van der Waals surface area contributed by atoms with E-state index in [1.807, 2.05) is 13.8 Å². The van der Waals surface area contributed by atoms with Gasteiger partial charge in [-0.3, -0.25) is 0 Å². The molecule has 2 N–H and O–H groups in total. The molecule has 0 unspecified atom stereocenters. The molecule has 7 heavy (non-hydrogen) atoms. The van der Waals surface area contributed by atoms with Crippen molar-refractivity contribution in [3.63, 3.8) is 0 Å². The van der Waals surface area contributed by atoms with Crippen LogP contribution in [0.4, 0.5) is 0 Å². The van der Waals surface area contributed by atoms with Gasteiger partial charge in [-0.2, -0.15) is 0 Å². The maximum absolute atomic E-state index is 2.18. The maximum atomic E-state index is 2.18. The minimum atomic E-state index is 1.26. The molecule has 0 aromatic carbocycles. The van der Waals surface area contributed by atoms with E-state index in [-0.39, 0.29) is 0 Å². The molecule has 0 amide bonds. The molecule has 0 atom stereocenters. The van der Waals surface area contributed by atoms with Crippen LogP contribution in [0.15, 0.2) is 0 Å². The first-order valence-electron chi connectivity index (χ1n) is 3.19. The number of hydrogen-bond acceptors (Lipinski definition) is 0. The van der Waals surface area contributed by atoms with Gasteiger partial charge in [0.2, 0.25) is 0 Å². The second kappa shape index (κ2) is 16.7. The Bertz CT molecular complexity index is 11.7. The average molecular weight is 104 g/mol. The summed E-state index contributed by atoms with van der Waals surface area (Å²) in [5.74, 6) is 0. The summed E-state index contributed by atoms with van der Waals surface area (Å²) in [4.78, 5) is 0. The van der Waals surface area contributed by atoms with Crippen LogP contribution in [0.2, 0.25) is 0 Å². The van der Waals surface area contributed by atoms with Crippen molar-refractivity contribution in [1.82, 2.24) is 0 Å². The molecule has 0 bridgehead atoms. The second-order valence-electron chi connectivity index (χ2n) is 1.20. The molecule has 0 fully saturated rings. The first kappa shape index (κ1) is 10.0. The third kappa shape index (κ3) is 24.3. The molecule has 0 aromatic heterocycles. The van der Waals surface area contributed by atoms with Crippen LogP contribution in [0.5, 0.6) is 0 Å². The fraction of sp³-hybridized carbons (Fsp3) is 1.00. The quantitative estimate of drug-likeness (QED) is 0.529. The first-order valence-corrected chi connectivity index (χ1v) is 3.19. The lowest BCUT2D eigenvalue weighted by Crippen LogP contribution is -2.79. The Hall–Kier alpha value is -0.0400. The van der Waals surface area contributed by atoms with Gasteiger partial charge in [0, 0.05) is 0 Å². The van der Waals surface area contributed by atoms with Crippen LogP contribution in [0.3, 0.4) is 0 Å². The molecular weight excluding hydrogens is 86.1 g/mol. The van der Waals surface area contributed by atoms with E-state index in [1.165, 1.54) is 13.0 Å². The second-order valence-corrected chi connectivity index (χ2v) is 1.20. The van der Waals surface area contributed by atoms with E-state index < -0.39 is 0 Å². The van der Waals surface area contributed by atoms with Crippen LogP contribution in [0.1, 0.15) is 27.2 Å². The highest BCUT2D eigenvalue weighted by Crippen LogP contribution is 1.56. The maximum Gasteiger partial charge on any atom is 0.0750 e. The predicted molar refractivity (Wildman–Crippen MR) is 34.4 cm³/mol. The van der Waals surface area contributed by atoms with Crippen LogP contribution in [-0.2, 0) is 0 Å². The van der Waals surface area contributed by atoms with Gasteiger partial charge in [-0.1, -0.05) is 20.8 Å². The predicted octanol–water partition coefficient (Wildman–Crippen LogP) is 0.616. The van der Waals surface area contributed by atoms with Crippen molar-refractivity contribution in [3.8, 4) is 0 Å². The number of quaternary nitrogens is 1. The lowest BCUT2D eigenvalue weighted by molar-refractivity contribution is -0.626.